The SMILES string of the molecule is CC(=O)NNC(=O)Cn1nnc(C(=O)O)c1C(F)F. The maximum Gasteiger partial charge on any atom is 0.358 e. The molecule has 0 aliphatic heterocycles. The van der Waals surface area contributed by atoms with Crippen LogP contribution in [0.15, 0.2) is 0 Å². The summed E-state index contributed by atoms with van der Waals surface area (Å²) in [6.07, 6.45) is -3.16. The Morgan fingerprint density at radius 1 is 1.37 bits per heavy atom. The van der Waals surface area contributed by atoms with Crippen molar-refractivity contribution in [3.05, 3.63) is 11.4 Å². The van der Waals surface area contributed by atoms with Crippen molar-refractivity contribution in [3.63, 3.8) is 0 Å². The largest absolute Gasteiger partial charge is 0.476 e. The summed E-state index contributed by atoms with van der Waals surface area (Å²) in [4.78, 5) is 32.4. The fraction of sp³-hybridized carbons (Fsp3) is 0.375. The molecule has 0 saturated carbocycles. The molecule has 104 valence electrons. The van der Waals surface area contributed by atoms with Crippen LogP contribution in [-0.2, 0) is 16.1 Å². The van der Waals surface area contributed by atoms with E-state index in [4.69, 9.17) is 5.11 Å². The van der Waals surface area contributed by atoms with Gasteiger partial charge in [0, 0.05) is 6.92 Å². The highest BCUT2D eigenvalue weighted by Crippen LogP contribution is 2.21. The highest BCUT2D eigenvalue weighted by Gasteiger charge is 2.27. The van der Waals surface area contributed by atoms with Gasteiger partial charge in [-0.2, -0.15) is 0 Å². The second-order valence-corrected chi connectivity index (χ2v) is 3.32. The topological polar surface area (TPSA) is 126 Å². The van der Waals surface area contributed by atoms with E-state index in [0.29, 0.717) is 4.68 Å². The number of carbonyl (C=O) groups excluding carboxylic acids is 2. The number of aromatic nitrogens is 3. The molecular weight excluding hydrogens is 268 g/mol. The van der Waals surface area contributed by atoms with Gasteiger partial charge in [-0.1, -0.05) is 5.21 Å². The second kappa shape index (κ2) is 5.84. The van der Waals surface area contributed by atoms with Crippen LogP contribution >= 0.6 is 0 Å². The van der Waals surface area contributed by atoms with Gasteiger partial charge in [-0.05, 0) is 0 Å². The lowest BCUT2D eigenvalue weighted by atomic mass is 10.3. The number of hydrogen-bond acceptors (Lipinski definition) is 5. The van der Waals surface area contributed by atoms with Crippen LogP contribution in [0, 0.1) is 0 Å². The van der Waals surface area contributed by atoms with Crippen LogP contribution in [0.1, 0.15) is 29.5 Å². The van der Waals surface area contributed by atoms with E-state index in [1.54, 1.807) is 0 Å². The van der Waals surface area contributed by atoms with Gasteiger partial charge in [0.25, 0.3) is 12.3 Å². The normalized spacial score (nSPS) is 10.3. The van der Waals surface area contributed by atoms with E-state index in [1.807, 2.05) is 10.9 Å². The summed E-state index contributed by atoms with van der Waals surface area (Å²) in [5.74, 6) is -3.10. The van der Waals surface area contributed by atoms with E-state index in [-0.39, 0.29) is 0 Å². The number of rotatable bonds is 4. The van der Waals surface area contributed by atoms with Gasteiger partial charge < -0.3 is 5.11 Å². The summed E-state index contributed by atoms with van der Waals surface area (Å²) < 4.78 is 25.8. The average molecular weight is 277 g/mol. The number of hydrogen-bond donors (Lipinski definition) is 3. The summed E-state index contributed by atoms with van der Waals surface area (Å²) in [5.41, 5.74) is 1.95. The number of alkyl halides is 2. The quantitative estimate of drug-likeness (QED) is 0.611. The Kier molecular flexibility index (Phi) is 4.45. The summed E-state index contributed by atoms with van der Waals surface area (Å²) in [6.45, 7) is 0.420. The predicted molar refractivity (Wildman–Crippen MR) is 53.9 cm³/mol. The molecular formula is C8H9F2N5O4. The van der Waals surface area contributed by atoms with Crippen molar-refractivity contribution in [2.24, 2.45) is 0 Å². The maximum absolute atomic E-state index is 12.7. The molecule has 0 atom stereocenters. The van der Waals surface area contributed by atoms with Crippen molar-refractivity contribution in [1.82, 2.24) is 25.8 Å². The summed E-state index contributed by atoms with van der Waals surface area (Å²) in [6, 6.07) is 0. The van der Waals surface area contributed by atoms with Crippen molar-refractivity contribution in [3.8, 4) is 0 Å². The number of carbonyl (C=O) groups is 3. The van der Waals surface area contributed by atoms with Crippen LogP contribution < -0.4 is 10.9 Å². The van der Waals surface area contributed by atoms with E-state index in [1.165, 1.54) is 0 Å². The van der Waals surface area contributed by atoms with Gasteiger partial charge >= 0.3 is 5.97 Å². The lowest BCUT2D eigenvalue weighted by molar-refractivity contribution is -0.128. The lowest BCUT2D eigenvalue weighted by Crippen LogP contribution is -2.42. The number of hydrazine groups is 1. The molecule has 0 bridgehead atoms. The Balaban J connectivity index is 2.86. The molecule has 1 aromatic rings. The number of aromatic carboxylic acids is 1. The van der Waals surface area contributed by atoms with Crippen molar-refractivity contribution in [2.75, 3.05) is 0 Å². The minimum Gasteiger partial charge on any atom is -0.476 e. The zero-order valence-electron chi connectivity index (χ0n) is 9.55. The standard InChI is InChI=1S/C8H9F2N5O4/c1-3(16)11-12-4(17)2-15-6(7(9)10)5(8(18)19)13-14-15/h7H,2H2,1H3,(H,11,16)(H,12,17)(H,18,19). The first kappa shape index (κ1) is 14.5. The molecule has 1 heterocycles. The third kappa shape index (κ3) is 3.69. The lowest BCUT2D eigenvalue weighted by Gasteiger charge is -2.07. The highest BCUT2D eigenvalue weighted by molar-refractivity contribution is 5.87. The van der Waals surface area contributed by atoms with Crippen molar-refractivity contribution < 1.29 is 28.3 Å². The van der Waals surface area contributed by atoms with Gasteiger partial charge in [0.1, 0.15) is 12.2 Å². The Labute approximate surface area is 104 Å². The third-order valence-electron chi connectivity index (χ3n) is 1.85. The Hall–Kier alpha value is -2.59. The van der Waals surface area contributed by atoms with Crippen LogP contribution in [0.4, 0.5) is 8.78 Å². The molecule has 0 aliphatic carbocycles. The monoisotopic (exact) mass is 277 g/mol. The highest BCUT2D eigenvalue weighted by atomic mass is 19.3. The molecule has 1 rings (SSSR count). The molecule has 9 nitrogen and oxygen atoms in total. The summed E-state index contributed by atoms with van der Waals surface area (Å²) in [7, 11) is 0. The van der Waals surface area contributed by atoms with E-state index < -0.39 is 42.1 Å². The smallest absolute Gasteiger partial charge is 0.358 e. The van der Waals surface area contributed by atoms with Crippen LogP contribution in [0.25, 0.3) is 0 Å². The van der Waals surface area contributed by atoms with Crippen LogP contribution in [-0.4, -0.2) is 37.9 Å². The van der Waals surface area contributed by atoms with E-state index in [2.05, 4.69) is 10.3 Å². The molecule has 1 aromatic heterocycles. The molecule has 3 N–H and O–H groups in total. The molecule has 19 heavy (non-hydrogen) atoms. The van der Waals surface area contributed by atoms with Gasteiger partial charge in [0.05, 0.1) is 0 Å². The van der Waals surface area contributed by atoms with Crippen molar-refractivity contribution in [1.29, 1.82) is 0 Å². The maximum atomic E-state index is 12.7. The molecule has 0 radical (unpaired) electrons. The second-order valence-electron chi connectivity index (χ2n) is 3.32. The summed E-state index contributed by atoms with van der Waals surface area (Å²) in [5, 5.41) is 14.8. The molecule has 0 unspecified atom stereocenters. The molecule has 0 aromatic carbocycles. The van der Waals surface area contributed by atoms with Gasteiger partial charge in [0.15, 0.2) is 5.69 Å². The molecule has 2 amide bonds. The number of carboxylic acid groups (broad SMARTS) is 1. The van der Waals surface area contributed by atoms with Crippen molar-refractivity contribution >= 4 is 17.8 Å². The first-order chi connectivity index (χ1) is 8.82. The number of nitrogens with zero attached hydrogens (tertiary/aromatic N) is 3. The van der Waals surface area contributed by atoms with Crippen LogP contribution in [0.3, 0.4) is 0 Å². The first-order valence-corrected chi connectivity index (χ1v) is 4.83. The first-order valence-electron chi connectivity index (χ1n) is 4.83. The molecule has 0 saturated heterocycles. The number of amides is 2. The molecule has 11 heteroatoms. The summed E-state index contributed by atoms with van der Waals surface area (Å²) >= 11 is 0. The molecule has 0 fully saturated rings. The molecule has 0 aliphatic rings. The minimum absolute atomic E-state index is 0.450. The van der Waals surface area contributed by atoms with E-state index >= 15 is 0 Å². The number of nitrogens with one attached hydrogen (secondary N) is 2. The third-order valence-corrected chi connectivity index (χ3v) is 1.85. The van der Waals surface area contributed by atoms with Crippen LogP contribution in [0.5, 0.6) is 0 Å². The van der Waals surface area contributed by atoms with Gasteiger partial charge in [-0.15, -0.1) is 5.10 Å². The minimum atomic E-state index is -3.16. The number of halogens is 2. The van der Waals surface area contributed by atoms with Gasteiger partial charge in [0.2, 0.25) is 5.91 Å². The molecule has 0 spiro atoms. The van der Waals surface area contributed by atoms with Crippen LogP contribution in [0.2, 0.25) is 0 Å². The van der Waals surface area contributed by atoms with E-state index in [0.717, 1.165) is 6.92 Å². The zero-order valence-corrected chi connectivity index (χ0v) is 9.55. The Morgan fingerprint density at radius 2 is 2.00 bits per heavy atom. The van der Waals surface area contributed by atoms with Gasteiger partial charge in [-0.25, -0.2) is 18.3 Å². The van der Waals surface area contributed by atoms with Crippen molar-refractivity contribution in [2.45, 2.75) is 19.9 Å². The predicted octanol–water partition coefficient (Wildman–Crippen LogP) is -0.919. The number of carboxylic acids is 1. The van der Waals surface area contributed by atoms with Gasteiger partial charge in [-0.3, -0.25) is 20.4 Å². The fourth-order valence-electron chi connectivity index (χ4n) is 1.14. The zero-order chi connectivity index (χ0) is 14.6. The fourth-order valence-corrected chi connectivity index (χ4v) is 1.14. The van der Waals surface area contributed by atoms with E-state index in [9.17, 15) is 23.2 Å². The average Bonchev–Trinajstić information content (AvgIpc) is 2.70. The Morgan fingerprint density at radius 3 is 2.47 bits per heavy atom. The Bertz CT molecular complexity index is 515.